The molecule has 0 aliphatic heterocycles. The number of fused-ring (bicyclic) bond motifs is 1. The first-order valence-corrected chi connectivity index (χ1v) is 5.74. The Kier molecular flexibility index (Phi) is 3.20. The average Bonchev–Trinajstić information content (AvgIpc) is 2.33. The van der Waals surface area contributed by atoms with Crippen LogP contribution in [-0.4, -0.2) is 11.5 Å². The van der Waals surface area contributed by atoms with Gasteiger partial charge in [0, 0.05) is 17.8 Å². The van der Waals surface area contributed by atoms with E-state index in [0.717, 1.165) is 13.0 Å². The molecule has 2 N–H and O–H groups in total. The molecule has 1 heterocycles. The van der Waals surface area contributed by atoms with Gasteiger partial charge in [0.15, 0.2) is 0 Å². The first kappa shape index (κ1) is 11.1. The van der Waals surface area contributed by atoms with Gasteiger partial charge in [0.2, 0.25) is 0 Å². The number of hydrogen-bond donors (Lipinski definition) is 1. The summed E-state index contributed by atoms with van der Waals surface area (Å²) in [5.74, 6) is 0.527. The molecule has 2 nitrogen and oxygen atoms in total. The molecule has 2 rings (SSSR count). The third-order valence-corrected chi connectivity index (χ3v) is 3.10. The van der Waals surface area contributed by atoms with Crippen molar-refractivity contribution >= 4 is 10.8 Å². The molecule has 1 unspecified atom stereocenters. The van der Waals surface area contributed by atoms with E-state index in [1.165, 1.54) is 21.9 Å². The molecule has 84 valence electrons. The predicted molar refractivity (Wildman–Crippen MR) is 68.4 cm³/mol. The molecule has 0 bridgehead atoms. The lowest BCUT2D eigenvalue weighted by molar-refractivity contribution is 0.595. The Balaban J connectivity index is 2.50. The summed E-state index contributed by atoms with van der Waals surface area (Å²) >= 11 is 0. The lowest BCUT2D eigenvalue weighted by Gasteiger charge is -2.12. The number of aryl methyl sites for hydroxylation is 1. The SMILES string of the molecule is Cc1ccc(CC(C)CN)c2ccncc12. The Hall–Kier alpha value is -1.41. The van der Waals surface area contributed by atoms with E-state index >= 15 is 0 Å². The van der Waals surface area contributed by atoms with Crippen molar-refractivity contribution in [2.24, 2.45) is 11.7 Å². The number of aromatic nitrogens is 1. The van der Waals surface area contributed by atoms with Gasteiger partial charge in [-0.15, -0.1) is 0 Å². The van der Waals surface area contributed by atoms with E-state index in [-0.39, 0.29) is 0 Å². The van der Waals surface area contributed by atoms with Crippen LogP contribution in [0.2, 0.25) is 0 Å². The van der Waals surface area contributed by atoms with Gasteiger partial charge in [0.05, 0.1) is 0 Å². The summed E-state index contributed by atoms with van der Waals surface area (Å²) in [6.45, 7) is 5.05. The van der Waals surface area contributed by atoms with Crippen LogP contribution in [0.25, 0.3) is 10.8 Å². The number of pyridine rings is 1. The summed E-state index contributed by atoms with van der Waals surface area (Å²) in [5, 5.41) is 2.57. The van der Waals surface area contributed by atoms with Crippen molar-refractivity contribution in [3.8, 4) is 0 Å². The second-order valence-corrected chi connectivity index (χ2v) is 4.51. The van der Waals surface area contributed by atoms with E-state index in [9.17, 15) is 0 Å². The second kappa shape index (κ2) is 4.62. The molecule has 1 atom stereocenters. The molecule has 2 heteroatoms. The highest BCUT2D eigenvalue weighted by molar-refractivity contribution is 5.87. The topological polar surface area (TPSA) is 38.9 Å². The summed E-state index contributed by atoms with van der Waals surface area (Å²) in [6.07, 6.45) is 4.84. The van der Waals surface area contributed by atoms with Gasteiger partial charge in [0.1, 0.15) is 0 Å². The highest BCUT2D eigenvalue weighted by Crippen LogP contribution is 2.23. The Morgan fingerprint density at radius 1 is 1.25 bits per heavy atom. The lowest BCUT2D eigenvalue weighted by Crippen LogP contribution is -2.13. The first-order valence-electron chi connectivity index (χ1n) is 5.74. The molecule has 2 aromatic rings. The first-order chi connectivity index (χ1) is 7.72. The minimum absolute atomic E-state index is 0.527. The van der Waals surface area contributed by atoms with Crippen molar-refractivity contribution in [2.45, 2.75) is 20.3 Å². The molecular weight excluding hydrogens is 196 g/mol. The number of nitrogens with two attached hydrogens (primary N) is 1. The van der Waals surface area contributed by atoms with E-state index in [2.05, 4.69) is 37.0 Å². The zero-order valence-corrected chi connectivity index (χ0v) is 9.90. The molecule has 0 spiro atoms. The third kappa shape index (κ3) is 2.07. The maximum Gasteiger partial charge on any atom is 0.0349 e. The minimum atomic E-state index is 0.527. The summed E-state index contributed by atoms with van der Waals surface area (Å²) < 4.78 is 0. The second-order valence-electron chi connectivity index (χ2n) is 4.51. The van der Waals surface area contributed by atoms with Crippen molar-refractivity contribution in [1.82, 2.24) is 4.98 Å². The molecule has 1 aromatic carbocycles. The largest absolute Gasteiger partial charge is 0.330 e. The molecule has 0 aliphatic carbocycles. The van der Waals surface area contributed by atoms with Crippen LogP contribution in [0.3, 0.4) is 0 Å². The molecule has 0 fully saturated rings. The van der Waals surface area contributed by atoms with Crippen LogP contribution in [0, 0.1) is 12.8 Å². The van der Waals surface area contributed by atoms with Crippen LogP contribution in [0.1, 0.15) is 18.1 Å². The molecule has 1 aromatic heterocycles. The Bertz CT molecular complexity index is 491. The molecule has 0 amide bonds. The monoisotopic (exact) mass is 214 g/mol. The molecular formula is C14H18N2. The predicted octanol–water partition coefficient (Wildman–Crippen LogP) is 2.68. The Morgan fingerprint density at radius 3 is 2.81 bits per heavy atom. The smallest absolute Gasteiger partial charge is 0.0349 e. The normalized spacial score (nSPS) is 12.9. The molecule has 0 radical (unpaired) electrons. The maximum atomic E-state index is 5.68. The van der Waals surface area contributed by atoms with Crippen molar-refractivity contribution < 1.29 is 0 Å². The fourth-order valence-electron chi connectivity index (χ4n) is 2.03. The van der Waals surface area contributed by atoms with E-state index in [1.807, 2.05) is 12.4 Å². The molecule has 0 saturated carbocycles. The fourth-order valence-corrected chi connectivity index (χ4v) is 2.03. The van der Waals surface area contributed by atoms with E-state index in [0.29, 0.717) is 5.92 Å². The Morgan fingerprint density at radius 2 is 2.06 bits per heavy atom. The lowest BCUT2D eigenvalue weighted by atomic mass is 9.95. The van der Waals surface area contributed by atoms with Gasteiger partial charge in [-0.2, -0.15) is 0 Å². The van der Waals surface area contributed by atoms with Crippen LogP contribution in [-0.2, 0) is 6.42 Å². The highest BCUT2D eigenvalue weighted by atomic mass is 14.6. The molecule has 0 saturated heterocycles. The number of benzene rings is 1. The fraction of sp³-hybridized carbons (Fsp3) is 0.357. The summed E-state index contributed by atoms with van der Waals surface area (Å²) in [6, 6.07) is 6.48. The van der Waals surface area contributed by atoms with Gasteiger partial charge < -0.3 is 5.73 Å². The van der Waals surface area contributed by atoms with Crippen LogP contribution < -0.4 is 5.73 Å². The van der Waals surface area contributed by atoms with Crippen molar-refractivity contribution in [3.05, 3.63) is 41.7 Å². The van der Waals surface area contributed by atoms with Gasteiger partial charge >= 0.3 is 0 Å². The highest BCUT2D eigenvalue weighted by Gasteiger charge is 2.06. The van der Waals surface area contributed by atoms with Gasteiger partial charge in [-0.3, -0.25) is 4.98 Å². The van der Waals surface area contributed by atoms with E-state index in [1.54, 1.807) is 0 Å². The van der Waals surface area contributed by atoms with Crippen molar-refractivity contribution in [2.75, 3.05) is 6.54 Å². The molecule has 16 heavy (non-hydrogen) atoms. The standard InChI is InChI=1S/C14H18N2/c1-10(8-15)7-12-4-3-11(2)14-9-16-6-5-13(12)14/h3-6,9-10H,7-8,15H2,1-2H3. The van der Waals surface area contributed by atoms with Crippen LogP contribution >= 0.6 is 0 Å². The summed E-state index contributed by atoms with van der Waals surface area (Å²) in [4.78, 5) is 4.19. The quantitative estimate of drug-likeness (QED) is 0.853. The van der Waals surface area contributed by atoms with Crippen molar-refractivity contribution in [1.29, 1.82) is 0 Å². The maximum absolute atomic E-state index is 5.68. The van der Waals surface area contributed by atoms with Crippen LogP contribution in [0.4, 0.5) is 0 Å². The number of rotatable bonds is 3. The number of hydrogen-bond acceptors (Lipinski definition) is 2. The minimum Gasteiger partial charge on any atom is -0.330 e. The summed E-state index contributed by atoms with van der Waals surface area (Å²) in [5.41, 5.74) is 8.34. The summed E-state index contributed by atoms with van der Waals surface area (Å²) in [7, 11) is 0. The van der Waals surface area contributed by atoms with Gasteiger partial charge in [-0.1, -0.05) is 19.1 Å². The van der Waals surface area contributed by atoms with E-state index < -0.39 is 0 Å². The zero-order chi connectivity index (χ0) is 11.5. The molecule has 0 aliphatic rings. The number of nitrogens with zero attached hydrogens (tertiary/aromatic N) is 1. The van der Waals surface area contributed by atoms with Crippen LogP contribution in [0.5, 0.6) is 0 Å². The zero-order valence-electron chi connectivity index (χ0n) is 9.90. The van der Waals surface area contributed by atoms with Crippen molar-refractivity contribution in [3.63, 3.8) is 0 Å². The van der Waals surface area contributed by atoms with Gasteiger partial charge in [-0.25, -0.2) is 0 Å². The average molecular weight is 214 g/mol. The van der Waals surface area contributed by atoms with Gasteiger partial charge in [-0.05, 0) is 48.4 Å². The Labute approximate surface area is 96.5 Å². The van der Waals surface area contributed by atoms with Crippen LogP contribution in [0.15, 0.2) is 30.6 Å². The van der Waals surface area contributed by atoms with Gasteiger partial charge in [0.25, 0.3) is 0 Å². The third-order valence-electron chi connectivity index (χ3n) is 3.10. The van der Waals surface area contributed by atoms with E-state index in [4.69, 9.17) is 5.73 Å².